The summed E-state index contributed by atoms with van der Waals surface area (Å²) in [5, 5.41) is 3.38. The molecule has 0 aliphatic heterocycles. The number of carbonyl (C=O) groups excluding carboxylic acids is 1. The van der Waals surface area contributed by atoms with E-state index in [9.17, 15) is 4.79 Å². The highest BCUT2D eigenvalue weighted by Crippen LogP contribution is 2.15. The molecule has 3 nitrogen and oxygen atoms in total. The fraction of sp³-hybridized carbons (Fsp3) is 0.571. The van der Waals surface area contributed by atoms with Crippen LogP contribution in [0.1, 0.15) is 49.7 Å². The lowest BCUT2D eigenvalue weighted by molar-refractivity contribution is 0.0925. The number of halogens is 1. The monoisotopic (exact) mass is 268 g/mol. The minimum Gasteiger partial charge on any atom is -0.349 e. The summed E-state index contributed by atoms with van der Waals surface area (Å²) in [4.78, 5) is 16.1. The third-order valence-corrected chi connectivity index (χ3v) is 3.49. The van der Waals surface area contributed by atoms with Crippen LogP contribution in [-0.4, -0.2) is 16.9 Å². The Morgan fingerprint density at radius 1 is 1.39 bits per heavy atom. The van der Waals surface area contributed by atoms with E-state index in [4.69, 9.17) is 11.6 Å². The van der Waals surface area contributed by atoms with Gasteiger partial charge in [0.15, 0.2) is 0 Å². The number of nitrogens with one attached hydrogen (secondary N) is 1. The number of aromatic nitrogens is 1. The standard InChI is InChI=1S/C14H21ClN2O/c1-5-11(6-2)10(4)17-14(18)12-7-9(3)16-13(15)8-12/h7-8,10-11H,5-6H2,1-4H3,(H,17,18). The van der Waals surface area contributed by atoms with Gasteiger partial charge in [-0.2, -0.15) is 0 Å². The van der Waals surface area contributed by atoms with Crippen LogP contribution in [0.25, 0.3) is 0 Å². The van der Waals surface area contributed by atoms with Gasteiger partial charge in [0.1, 0.15) is 5.15 Å². The Hall–Kier alpha value is -1.09. The molecule has 1 unspecified atom stereocenters. The van der Waals surface area contributed by atoms with Gasteiger partial charge in [-0.1, -0.05) is 38.3 Å². The number of aryl methyl sites for hydroxylation is 1. The highest BCUT2D eigenvalue weighted by molar-refractivity contribution is 6.29. The number of hydrogen-bond donors (Lipinski definition) is 1. The van der Waals surface area contributed by atoms with Crippen LogP contribution >= 0.6 is 11.6 Å². The van der Waals surface area contributed by atoms with E-state index < -0.39 is 0 Å². The molecule has 1 amide bonds. The SMILES string of the molecule is CCC(CC)C(C)NC(=O)c1cc(C)nc(Cl)c1. The van der Waals surface area contributed by atoms with Crippen molar-refractivity contribution in [2.24, 2.45) is 5.92 Å². The van der Waals surface area contributed by atoms with E-state index >= 15 is 0 Å². The van der Waals surface area contributed by atoms with Crippen molar-refractivity contribution in [1.82, 2.24) is 10.3 Å². The van der Waals surface area contributed by atoms with Gasteiger partial charge in [0, 0.05) is 17.3 Å². The lowest BCUT2D eigenvalue weighted by atomic mass is 9.95. The predicted octanol–water partition coefficient (Wildman–Crippen LogP) is 3.60. The van der Waals surface area contributed by atoms with Crippen LogP contribution in [0.5, 0.6) is 0 Å². The lowest BCUT2D eigenvalue weighted by Gasteiger charge is -2.22. The number of carbonyl (C=O) groups is 1. The molecule has 0 aliphatic carbocycles. The fourth-order valence-electron chi connectivity index (χ4n) is 2.16. The number of hydrogen-bond acceptors (Lipinski definition) is 2. The van der Waals surface area contributed by atoms with Gasteiger partial charge >= 0.3 is 0 Å². The molecular formula is C14H21ClN2O. The van der Waals surface area contributed by atoms with E-state index in [1.54, 1.807) is 12.1 Å². The first-order chi connectivity index (χ1) is 8.47. The molecule has 1 aromatic rings. The van der Waals surface area contributed by atoms with Gasteiger partial charge in [0.25, 0.3) is 5.91 Å². The van der Waals surface area contributed by atoms with E-state index in [-0.39, 0.29) is 11.9 Å². The maximum absolute atomic E-state index is 12.1. The second kappa shape index (κ2) is 6.74. The Labute approximate surface area is 114 Å². The zero-order valence-corrected chi connectivity index (χ0v) is 12.2. The summed E-state index contributed by atoms with van der Waals surface area (Å²) in [7, 11) is 0. The Balaban J connectivity index is 2.76. The number of nitrogens with zero attached hydrogens (tertiary/aromatic N) is 1. The largest absolute Gasteiger partial charge is 0.349 e. The molecule has 0 saturated carbocycles. The molecule has 0 spiro atoms. The minimum atomic E-state index is -0.0817. The van der Waals surface area contributed by atoms with Crippen molar-refractivity contribution in [2.75, 3.05) is 0 Å². The molecule has 4 heteroatoms. The molecule has 0 aromatic carbocycles. The van der Waals surface area contributed by atoms with Gasteiger partial charge in [0.2, 0.25) is 0 Å². The van der Waals surface area contributed by atoms with E-state index in [0.29, 0.717) is 16.6 Å². The van der Waals surface area contributed by atoms with Crippen molar-refractivity contribution in [3.8, 4) is 0 Å². The molecule has 1 heterocycles. The summed E-state index contributed by atoms with van der Waals surface area (Å²) in [5.41, 5.74) is 1.33. The average Bonchev–Trinajstić information content (AvgIpc) is 2.29. The third-order valence-electron chi connectivity index (χ3n) is 3.30. The van der Waals surface area contributed by atoms with Gasteiger partial charge in [-0.3, -0.25) is 4.79 Å². The molecule has 0 aliphatic rings. The highest BCUT2D eigenvalue weighted by atomic mass is 35.5. The first-order valence-electron chi connectivity index (χ1n) is 6.43. The zero-order valence-electron chi connectivity index (χ0n) is 11.5. The third kappa shape index (κ3) is 3.98. The topological polar surface area (TPSA) is 42.0 Å². The molecule has 1 rings (SSSR count). The van der Waals surface area contributed by atoms with Gasteiger partial charge in [0.05, 0.1) is 0 Å². The fourth-order valence-corrected chi connectivity index (χ4v) is 2.41. The number of pyridine rings is 1. The van der Waals surface area contributed by atoms with Crippen LogP contribution < -0.4 is 5.32 Å². The van der Waals surface area contributed by atoms with Crippen LogP contribution in [0, 0.1) is 12.8 Å². The van der Waals surface area contributed by atoms with Crippen molar-refractivity contribution in [1.29, 1.82) is 0 Å². The molecule has 0 radical (unpaired) electrons. The Bertz CT molecular complexity index is 396. The number of rotatable bonds is 5. The van der Waals surface area contributed by atoms with E-state index in [0.717, 1.165) is 18.5 Å². The molecule has 0 saturated heterocycles. The predicted molar refractivity (Wildman–Crippen MR) is 75.0 cm³/mol. The Kier molecular flexibility index (Phi) is 5.60. The van der Waals surface area contributed by atoms with Crippen molar-refractivity contribution in [3.05, 3.63) is 28.5 Å². The Morgan fingerprint density at radius 3 is 2.50 bits per heavy atom. The summed E-state index contributed by atoms with van der Waals surface area (Å²) >= 11 is 5.86. The second-order valence-electron chi connectivity index (χ2n) is 4.66. The summed E-state index contributed by atoms with van der Waals surface area (Å²) in [6, 6.07) is 3.52. The van der Waals surface area contributed by atoms with Crippen molar-refractivity contribution in [3.63, 3.8) is 0 Å². The molecule has 1 N–H and O–H groups in total. The molecule has 1 atom stereocenters. The summed E-state index contributed by atoms with van der Waals surface area (Å²) in [5.74, 6) is 0.425. The molecule has 0 bridgehead atoms. The Morgan fingerprint density at radius 2 is 2.00 bits per heavy atom. The van der Waals surface area contributed by atoms with E-state index in [2.05, 4.69) is 24.1 Å². The van der Waals surface area contributed by atoms with Crippen molar-refractivity contribution < 1.29 is 4.79 Å². The number of amides is 1. The van der Waals surface area contributed by atoms with Crippen LogP contribution in [-0.2, 0) is 0 Å². The summed E-state index contributed by atoms with van der Waals surface area (Å²) < 4.78 is 0. The van der Waals surface area contributed by atoms with Gasteiger partial charge in [-0.05, 0) is 31.9 Å². The zero-order chi connectivity index (χ0) is 13.7. The van der Waals surface area contributed by atoms with Gasteiger partial charge in [-0.15, -0.1) is 0 Å². The summed E-state index contributed by atoms with van der Waals surface area (Å²) in [6.45, 7) is 8.16. The molecular weight excluding hydrogens is 248 g/mol. The van der Waals surface area contributed by atoms with E-state index in [1.807, 2.05) is 13.8 Å². The summed E-state index contributed by atoms with van der Waals surface area (Å²) in [6.07, 6.45) is 2.13. The molecule has 0 fully saturated rings. The van der Waals surface area contributed by atoms with Crippen molar-refractivity contribution in [2.45, 2.75) is 46.6 Å². The second-order valence-corrected chi connectivity index (χ2v) is 5.05. The maximum Gasteiger partial charge on any atom is 0.251 e. The highest BCUT2D eigenvalue weighted by Gasteiger charge is 2.17. The maximum atomic E-state index is 12.1. The first-order valence-corrected chi connectivity index (χ1v) is 6.80. The molecule has 18 heavy (non-hydrogen) atoms. The molecule has 1 aromatic heterocycles. The van der Waals surface area contributed by atoms with Gasteiger partial charge in [-0.25, -0.2) is 4.98 Å². The van der Waals surface area contributed by atoms with Crippen LogP contribution in [0.4, 0.5) is 0 Å². The normalized spacial score (nSPS) is 12.6. The quantitative estimate of drug-likeness (QED) is 0.829. The van der Waals surface area contributed by atoms with Crippen LogP contribution in [0.3, 0.4) is 0 Å². The first kappa shape index (κ1) is 15.0. The minimum absolute atomic E-state index is 0.0817. The van der Waals surface area contributed by atoms with Crippen LogP contribution in [0.15, 0.2) is 12.1 Å². The van der Waals surface area contributed by atoms with Crippen LogP contribution in [0.2, 0.25) is 5.15 Å². The average molecular weight is 269 g/mol. The lowest BCUT2D eigenvalue weighted by Crippen LogP contribution is -2.37. The van der Waals surface area contributed by atoms with Gasteiger partial charge < -0.3 is 5.32 Å². The molecule has 100 valence electrons. The van der Waals surface area contributed by atoms with E-state index in [1.165, 1.54) is 0 Å². The van der Waals surface area contributed by atoms with Crippen molar-refractivity contribution >= 4 is 17.5 Å². The smallest absolute Gasteiger partial charge is 0.251 e.